The van der Waals surface area contributed by atoms with Crippen LogP contribution >= 0.6 is 0 Å². The number of nitrogens with zero attached hydrogens (tertiary/aromatic N) is 2. The van der Waals surface area contributed by atoms with Crippen molar-refractivity contribution in [1.29, 1.82) is 0 Å². The largest absolute Gasteiger partial charge is 0.391 e. The summed E-state index contributed by atoms with van der Waals surface area (Å²) in [4.78, 5) is 7.81. The molecule has 94 valence electrons. The predicted octanol–water partition coefficient (Wildman–Crippen LogP) is -1.41. The Morgan fingerprint density at radius 3 is 2.71 bits per heavy atom. The molecule has 0 radical (unpaired) electrons. The molecule has 8 nitrogen and oxygen atoms in total. The van der Waals surface area contributed by atoms with Crippen molar-refractivity contribution in [2.24, 2.45) is 0 Å². The fraction of sp³-hybridized carbons (Fsp3) is 0.556. The maximum Gasteiger partial charge on any atom is 0.224 e. The number of nitrogen functional groups attached to an aromatic ring is 2. The quantitative estimate of drug-likeness (QED) is 0.370. The van der Waals surface area contributed by atoms with E-state index in [1.165, 1.54) is 6.92 Å². The van der Waals surface area contributed by atoms with Crippen LogP contribution in [0.4, 0.5) is 23.3 Å². The molecule has 3 atom stereocenters. The summed E-state index contributed by atoms with van der Waals surface area (Å²) in [6.45, 7) is 1.93. The lowest BCUT2D eigenvalue weighted by molar-refractivity contribution is 0.0214. The summed E-state index contributed by atoms with van der Waals surface area (Å²) in [6.07, 6.45) is -1.75. The lowest BCUT2D eigenvalue weighted by atomic mass is 10.0. The number of fused-ring (bicyclic) bond motifs is 1. The summed E-state index contributed by atoms with van der Waals surface area (Å²) in [6, 6.07) is -0.364. The molecule has 0 fully saturated rings. The van der Waals surface area contributed by atoms with Gasteiger partial charge >= 0.3 is 0 Å². The van der Waals surface area contributed by atoms with E-state index in [1.807, 2.05) is 0 Å². The van der Waals surface area contributed by atoms with Crippen LogP contribution in [0.5, 0.6) is 0 Å². The first-order valence-electron chi connectivity index (χ1n) is 5.28. The van der Waals surface area contributed by atoms with E-state index < -0.39 is 12.2 Å². The molecule has 0 bridgehead atoms. The third-order valence-corrected chi connectivity index (χ3v) is 2.68. The fourth-order valence-corrected chi connectivity index (χ4v) is 1.75. The van der Waals surface area contributed by atoms with Gasteiger partial charge in [-0.25, -0.2) is 0 Å². The van der Waals surface area contributed by atoms with Crippen LogP contribution in [-0.4, -0.2) is 45.0 Å². The first kappa shape index (κ1) is 11.7. The molecule has 1 aliphatic heterocycles. The number of anilines is 4. The number of rotatable bonds is 2. The van der Waals surface area contributed by atoms with Crippen LogP contribution in [-0.2, 0) is 0 Å². The summed E-state index contributed by atoms with van der Waals surface area (Å²) in [5, 5.41) is 25.1. The summed E-state index contributed by atoms with van der Waals surface area (Å²) in [5.74, 6) is 0.802. The third kappa shape index (κ3) is 2.17. The van der Waals surface area contributed by atoms with Crippen LogP contribution in [0.25, 0.3) is 0 Å². The fourth-order valence-electron chi connectivity index (χ4n) is 1.75. The van der Waals surface area contributed by atoms with Gasteiger partial charge in [-0.1, -0.05) is 0 Å². The van der Waals surface area contributed by atoms with Gasteiger partial charge in [-0.15, -0.1) is 0 Å². The maximum atomic E-state index is 9.76. The number of aromatic nitrogens is 2. The minimum atomic E-state index is -0.910. The Morgan fingerprint density at radius 2 is 2.06 bits per heavy atom. The SMILES string of the molecule is C[C@@H](O)[C@@H](O)[C@H]1CNc2nc(N)nc(N)c2N1. The average molecular weight is 240 g/mol. The topological polar surface area (TPSA) is 142 Å². The number of nitrogens with one attached hydrogen (secondary N) is 2. The van der Waals surface area contributed by atoms with Crippen LogP contribution in [0.3, 0.4) is 0 Å². The summed E-state index contributed by atoms with van der Waals surface area (Å²) < 4.78 is 0. The number of nitrogens with two attached hydrogens (primary N) is 2. The smallest absolute Gasteiger partial charge is 0.224 e. The second kappa shape index (κ2) is 4.22. The Kier molecular flexibility index (Phi) is 2.90. The van der Waals surface area contributed by atoms with Gasteiger partial charge in [0.1, 0.15) is 11.8 Å². The van der Waals surface area contributed by atoms with Gasteiger partial charge in [-0.2, -0.15) is 9.97 Å². The lowest BCUT2D eigenvalue weighted by Crippen LogP contribution is -2.47. The van der Waals surface area contributed by atoms with Gasteiger partial charge in [0.25, 0.3) is 0 Å². The minimum Gasteiger partial charge on any atom is -0.391 e. The van der Waals surface area contributed by atoms with Crippen LogP contribution in [0.1, 0.15) is 6.92 Å². The first-order chi connectivity index (χ1) is 7.99. The molecular weight excluding hydrogens is 224 g/mol. The van der Waals surface area contributed by atoms with Crippen molar-refractivity contribution in [3.05, 3.63) is 0 Å². The zero-order valence-corrected chi connectivity index (χ0v) is 9.38. The van der Waals surface area contributed by atoms with Gasteiger partial charge in [0.15, 0.2) is 11.6 Å². The van der Waals surface area contributed by atoms with Crippen molar-refractivity contribution >= 4 is 23.3 Å². The van der Waals surface area contributed by atoms with Crippen LogP contribution in [0, 0.1) is 0 Å². The average Bonchev–Trinajstić information content (AvgIpc) is 2.27. The molecule has 0 unspecified atom stereocenters. The van der Waals surface area contributed by atoms with E-state index >= 15 is 0 Å². The van der Waals surface area contributed by atoms with Gasteiger partial charge in [0, 0.05) is 6.54 Å². The minimum absolute atomic E-state index is 0.0880. The second-order valence-corrected chi connectivity index (χ2v) is 4.05. The van der Waals surface area contributed by atoms with E-state index in [2.05, 4.69) is 20.6 Å². The summed E-state index contributed by atoms with van der Waals surface area (Å²) in [5.41, 5.74) is 11.7. The molecule has 17 heavy (non-hydrogen) atoms. The molecule has 2 heterocycles. The Labute approximate surface area is 98.1 Å². The van der Waals surface area contributed by atoms with Gasteiger partial charge in [0.05, 0.1) is 12.1 Å². The summed E-state index contributed by atoms with van der Waals surface area (Å²) in [7, 11) is 0. The standard InChI is InChI=1S/C9H16N6O2/c1-3(16)6(17)4-2-12-8-5(13-4)7(10)14-9(11)15-8/h3-4,6,13,16-17H,2H2,1H3,(H5,10,11,12,14,15)/t3-,4-,6-/m1/s1. The highest BCUT2D eigenvalue weighted by Gasteiger charge is 2.29. The Morgan fingerprint density at radius 1 is 1.35 bits per heavy atom. The molecule has 1 aromatic heterocycles. The molecule has 0 saturated heterocycles. The second-order valence-electron chi connectivity index (χ2n) is 4.05. The third-order valence-electron chi connectivity index (χ3n) is 2.68. The van der Waals surface area contributed by atoms with E-state index in [9.17, 15) is 10.2 Å². The van der Waals surface area contributed by atoms with E-state index in [1.54, 1.807) is 0 Å². The number of aliphatic hydroxyl groups excluding tert-OH is 2. The lowest BCUT2D eigenvalue weighted by Gasteiger charge is -2.32. The van der Waals surface area contributed by atoms with E-state index in [4.69, 9.17) is 11.5 Å². The monoisotopic (exact) mass is 240 g/mol. The highest BCUT2D eigenvalue weighted by Crippen LogP contribution is 2.30. The van der Waals surface area contributed by atoms with E-state index in [-0.39, 0.29) is 17.8 Å². The highest BCUT2D eigenvalue weighted by molar-refractivity contribution is 5.78. The van der Waals surface area contributed by atoms with Crippen molar-refractivity contribution in [3.8, 4) is 0 Å². The number of hydrogen-bond donors (Lipinski definition) is 6. The zero-order valence-electron chi connectivity index (χ0n) is 9.38. The van der Waals surface area contributed by atoms with Gasteiger partial charge < -0.3 is 32.3 Å². The molecule has 0 aromatic carbocycles. The maximum absolute atomic E-state index is 9.76. The Hall–Kier alpha value is -1.80. The van der Waals surface area contributed by atoms with Gasteiger partial charge in [0.2, 0.25) is 5.95 Å². The highest BCUT2D eigenvalue weighted by atomic mass is 16.3. The molecule has 2 rings (SSSR count). The summed E-state index contributed by atoms with van der Waals surface area (Å²) >= 11 is 0. The van der Waals surface area contributed by atoms with Gasteiger partial charge in [-0.3, -0.25) is 0 Å². The molecule has 8 N–H and O–H groups in total. The van der Waals surface area contributed by atoms with Crippen molar-refractivity contribution < 1.29 is 10.2 Å². The van der Waals surface area contributed by atoms with Crippen molar-refractivity contribution in [2.45, 2.75) is 25.2 Å². The van der Waals surface area contributed by atoms with Gasteiger partial charge in [-0.05, 0) is 6.92 Å². The molecule has 1 aromatic rings. The molecule has 8 heteroatoms. The normalized spacial score (nSPS) is 21.9. The molecule has 0 aliphatic carbocycles. The van der Waals surface area contributed by atoms with Crippen molar-refractivity contribution in [1.82, 2.24) is 9.97 Å². The Bertz CT molecular complexity index is 424. The molecule has 0 spiro atoms. The number of aliphatic hydroxyl groups is 2. The zero-order chi connectivity index (χ0) is 12.6. The van der Waals surface area contributed by atoms with Crippen molar-refractivity contribution in [2.75, 3.05) is 28.6 Å². The molecular formula is C9H16N6O2. The van der Waals surface area contributed by atoms with E-state index in [0.717, 1.165) is 0 Å². The van der Waals surface area contributed by atoms with Crippen LogP contribution < -0.4 is 22.1 Å². The molecule has 1 aliphatic rings. The van der Waals surface area contributed by atoms with E-state index in [0.29, 0.717) is 18.1 Å². The first-order valence-corrected chi connectivity index (χ1v) is 5.28. The van der Waals surface area contributed by atoms with Crippen LogP contribution in [0.2, 0.25) is 0 Å². The predicted molar refractivity (Wildman–Crippen MR) is 64.4 cm³/mol. The molecule has 0 amide bonds. The van der Waals surface area contributed by atoms with Crippen LogP contribution in [0.15, 0.2) is 0 Å². The molecule has 0 saturated carbocycles. The Balaban J connectivity index is 2.24. The van der Waals surface area contributed by atoms with Crippen molar-refractivity contribution in [3.63, 3.8) is 0 Å². The number of hydrogen-bond acceptors (Lipinski definition) is 8.